The summed E-state index contributed by atoms with van der Waals surface area (Å²) in [7, 11) is 0. The molecule has 4 unspecified atom stereocenters. The quantitative estimate of drug-likeness (QED) is 0.883. The second-order valence-electron chi connectivity index (χ2n) is 6.71. The van der Waals surface area contributed by atoms with Gasteiger partial charge in [-0.2, -0.15) is 0 Å². The van der Waals surface area contributed by atoms with Gasteiger partial charge in [-0.1, -0.05) is 32.0 Å². The van der Waals surface area contributed by atoms with Gasteiger partial charge in [-0.25, -0.2) is 0 Å². The molecule has 0 aromatic heterocycles. The maximum absolute atomic E-state index is 6.43. The van der Waals surface area contributed by atoms with Crippen LogP contribution in [0.15, 0.2) is 24.3 Å². The van der Waals surface area contributed by atoms with Gasteiger partial charge in [-0.05, 0) is 48.6 Å². The predicted molar refractivity (Wildman–Crippen MR) is 81.4 cm³/mol. The van der Waals surface area contributed by atoms with Crippen molar-refractivity contribution < 1.29 is 0 Å². The molecule has 0 bridgehead atoms. The molecule has 0 radical (unpaired) electrons. The van der Waals surface area contributed by atoms with Gasteiger partial charge in [0.05, 0.1) is 0 Å². The molecule has 0 saturated heterocycles. The zero-order valence-electron chi connectivity index (χ0n) is 12.2. The SMILES string of the molecule is CC1CC(C)C(CN2CCc3ccccc32)C(N)C1. The van der Waals surface area contributed by atoms with Crippen molar-refractivity contribution in [2.75, 3.05) is 18.0 Å². The van der Waals surface area contributed by atoms with Gasteiger partial charge >= 0.3 is 0 Å². The minimum atomic E-state index is 0.381. The second-order valence-corrected chi connectivity index (χ2v) is 6.71. The normalized spacial score (nSPS) is 34.4. The van der Waals surface area contributed by atoms with E-state index in [1.54, 1.807) is 0 Å². The Morgan fingerprint density at radius 2 is 2.00 bits per heavy atom. The molecule has 1 heterocycles. The number of rotatable bonds is 2. The van der Waals surface area contributed by atoms with E-state index in [0.717, 1.165) is 18.4 Å². The number of hydrogen-bond donors (Lipinski definition) is 1. The lowest BCUT2D eigenvalue weighted by Gasteiger charge is -2.40. The molecule has 2 heteroatoms. The van der Waals surface area contributed by atoms with E-state index < -0.39 is 0 Å². The highest BCUT2D eigenvalue weighted by Crippen LogP contribution is 2.36. The lowest BCUT2D eigenvalue weighted by molar-refractivity contribution is 0.177. The van der Waals surface area contributed by atoms with Gasteiger partial charge in [-0.3, -0.25) is 0 Å². The minimum absolute atomic E-state index is 0.381. The van der Waals surface area contributed by atoms with Crippen LogP contribution in [0.25, 0.3) is 0 Å². The van der Waals surface area contributed by atoms with Crippen molar-refractivity contribution in [2.24, 2.45) is 23.5 Å². The van der Waals surface area contributed by atoms with E-state index in [1.807, 2.05) is 0 Å². The third-order valence-corrected chi connectivity index (χ3v) is 5.14. The van der Waals surface area contributed by atoms with Crippen molar-refractivity contribution in [2.45, 2.75) is 39.2 Å². The molecule has 1 aromatic carbocycles. The fraction of sp³-hybridized carbons (Fsp3) is 0.647. The first-order valence-corrected chi connectivity index (χ1v) is 7.73. The van der Waals surface area contributed by atoms with Crippen LogP contribution < -0.4 is 10.6 Å². The maximum atomic E-state index is 6.43. The lowest BCUT2D eigenvalue weighted by Crippen LogP contribution is -2.46. The Balaban J connectivity index is 1.72. The van der Waals surface area contributed by atoms with E-state index in [9.17, 15) is 0 Å². The van der Waals surface area contributed by atoms with Gasteiger partial charge in [0.15, 0.2) is 0 Å². The highest BCUT2D eigenvalue weighted by molar-refractivity contribution is 5.57. The summed E-state index contributed by atoms with van der Waals surface area (Å²) in [5.74, 6) is 2.21. The summed E-state index contributed by atoms with van der Waals surface area (Å²) < 4.78 is 0. The zero-order chi connectivity index (χ0) is 13.4. The lowest BCUT2D eigenvalue weighted by atomic mass is 9.72. The molecule has 1 aliphatic heterocycles. The van der Waals surface area contributed by atoms with Crippen molar-refractivity contribution >= 4 is 5.69 Å². The van der Waals surface area contributed by atoms with E-state index in [4.69, 9.17) is 5.73 Å². The molecule has 3 rings (SSSR count). The van der Waals surface area contributed by atoms with Crippen molar-refractivity contribution in [1.29, 1.82) is 0 Å². The Hall–Kier alpha value is -1.02. The predicted octanol–water partition coefficient (Wildman–Crippen LogP) is 3.06. The molecule has 4 atom stereocenters. The maximum Gasteiger partial charge on any atom is 0.0399 e. The summed E-state index contributed by atoms with van der Waals surface area (Å²) in [6, 6.07) is 9.22. The average Bonchev–Trinajstić information content (AvgIpc) is 2.77. The van der Waals surface area contributed by atoms with Crippen molar-refractivity contribution in [1.82, 2.24) is 0 Å². The van der Waals surface area contributed by atoms with Crippen LogP contribution in [0.2, 0.25) is 0 Å². The van der Waals surface area contributed by atoms with Crippen LogP contribution in [-0.4, -0.2) is 19.1 Å². The van der Waals surface area contributed by atoms with E-state index in [-0.39, 0.29) is 0 Å². The largest absolute Gasteiger partial charge is 0.371 e. The van der Waals surface area contributed by atoms with Crippen LogP contribution >= 0.6 is 0 Å². The number of benzene rings is 1. The Bertz CT molecular complexity index is 431. The Labute approximate surface area is 117 Å². The average molecular weight is 258 g/mol. The van der Waals surface area contributed by atoms with E-state index in [0.29, 0.717) is 12.0 Å². The molecule has 104 valence electrons. The molecule has 2 nitrogen and oxygen atoms in total. The summed E-state index contributed by atoms with van der Waals surface area (Å²) in [5, 5.41) is 0. The molecule has 1 fully saturated rings. The molecule has 2 N–H and O–H groups in total. The van der Waals surface area contributed by atoms with Gasteiger partial charge in [0, 0.05) is 24.8 Å². The fourth-order valence-corrected chi connectivity index (χ4v) is 4.13. The third-order valence-electron chi connectivity index (χ3n) is 5.14. The van der Waals surface area contributed by atoms with Gasteiger partial charge < -0.3 is 10.6 Å². The second kappa shape index (κ2) is 5.16. The molecular weight excluding hydrogens is 232 g/mol. The molecule has 0 amide bonds. The van der Waals surface area contributed by atoms with Crippen molar-refractivity contribution in [3.05, 3.63) is 29.8 Å². The topological polar surface area (TPSA) is 29.3 Å². The molecule has 2 aliphatic rings. The van der Waals surface area contributed by atoms with Crippen LogP contribution in [0.1, 0.15) is 32.3 Å². The van der Waals surface area contributed by atoms with Crippen molar-refractivity contribution in [3.63, 3.8) is 0 Å². The monoisotopic (exact) mass is 258 g/mol. The minimum Gasteiger partial charge on any atom is -0.371 e. The third kappa shape index (κ3) is 2.51. The first-order valence-electron chi connectivity index (χ1n) is 7.73. The smallest absolute Gasteiger partial charge is 0.0399 e. The van der Waals surface area contributed by atoms with Crippen LogP contribution in [0.3, 0.4) is 0 Å². The van der Waals surface area contributed by atoms with E-state index in [2.05, 4.69) is 43.0 Å². The summed E-state index contributed by atoms with van der Waals surface area (Å²) in [4.78, 5) is 2.56. The van der Waals surface area contributed by atoms with E-state index in [1.165, 1.54) is 37.1 Å². The van der Waals surface area contributed by atoms with Crippen LogP contribution in [-0.2, 0) is 6.42 Å². The molecular formula is C17H26N2. The van der Waals surface area contributed by atoms with Gasteiger partial charge in [0.2, 0.25) is 0 Å². The number of fused-ring (bicyclic) bond motifs is 1. The highest BCUT2D eigenvalue weighted by atomic mass is 15.2. The number of hydrogen-bond acceptors (Lipinski definition) is 2. The van der Waals surface area contributed by atoms with Crippen molar-refractivity contribution in [3.8, 4) is 0 Å². The Morgan fingerprint density at radius 1 is 1.21 bits per heavy atom. The fourth-order valence-electron chi connectivity index (χ4n) is 4.13. The zero-order valence-corrected chi connectivity index (χ0v) is 12.2. The summed E-state index contributed by atoms with van der Waals surface area (Å²) in [5.41, 5.74) is 9.38. The van der Waals surface area contributed by atoms with E-state index >= 15 is 0 Å². The van der Waals surface area contributed by atoms with Gasteiger partial charge in [0.1, 0.15) is 0 Å². The first kappa shape index (κ1) is 13.0. The standard InChI is InChI=1S/C17H26N2/c1-12-9-13(2)15(16(18)10-12)11-19-8-7-14-5-3-4-6-17(14)19/h3-6,12-13,15-16H,7-11,18H2,1-2H3. The molecule has 1 aromatic rings. The van der Waals surface area contributed by atoms with Crippen LogP contribution in [0.4, 0.5) is 5.69 Å². The Kier molecular flexibility index (Phi) is 3.53. The van der Waals surface area contributed by atoms with Crippen LogP contribution in [0, 0.1) is 17.8 Å². The number of anilines is 1. The number of nitrogens with two attached hydrogens (primary N) is 1. The summed E-state index contributed by atoms with van der Waals surface area (Å²) in [6.45, 7) is 7.05. The van der Waals surface area contributed by atoms with Crippen LogP contribution in [0.5, 0.6) is 0 Å². The molecule has 0 spiro atoms. The highest BCUT2D eigenvalue weighted by Gasteiger charge is 2.34. The first-order chi connectivity index (χ1) is 9.15. The van der Waals surface area contributed by atoms with Gasteiger partial charge in [-0.15, -0.1) is 0 Å². The number of para-hydroxylation sites is 1. The van der Waals surface area contributed by atoms with Gasteiger partial charge in [0.25, 0.3) is 0 Å². The molecule has 1 aliphatic carbocycles. The molecule has 19 heavy (non-hydrogen) atoms. The summed E-state index contributed by atoms with van der Waals surface area (Å²) in [6.07, 6.45) is 3.74. The Morgan fingerprint density at radius 3 is 2.79 bits per heavy atom. The summed E-state index contributed by atoms with van der Waals surface area (Å²) >= 11 is 0. The molecule has 1 saturated carbocycles. The number of nitrogens with zero attached hydrogens (tertiary/aromatic N) is 1.